The fourth-order valence-electron chi connectivity index (χ4n) is 3.86. The normalized spacial score (nSPS) is 21.2. The number of anilines is 1. The Morgan fingerprint density at radius 1 is 1.28 bits per heavy atom. The van der Waals surface area contributed by atoms with Gasteiger partial charge in [0.1, 0.15) is 11.2 Å². The summed E-state index contributed by atoms with van der Waals surface area (Å²) < 4.78 is 5.23. The number of nitro benzene ring substituents is 1. The number of carbonyl (C=O) groups is 2. The van der Waals surface area contributed by atoms with Crippen LogP contribution in [0.2, 0.25) is 0 Å². The van der Waals surface area contributed by atoms with Crippen LogP contribution in [0.1, 0.15) is 58.3 Å². The first-order valence-electron chi connectivity index (χ1n) is 10.9. The maximum absolute atomic E-state index is 12.6. The lowest BCUT2D eigenvalue weighted by Crippen LogP contribution is -2.52. The second-order valence-electron chi connectivity index (χ2n) is 9.32. The molecule has 1 aromatic rings. The molecule has 1 fully saturated rings. The molecule has 1 amide bonds. The van der Waals surface area contributed by atoms with Crippen molar-refractivity contribution in [2.24, 2.45) is 17.8 Å². The van der Waals surface area contributed by atoms with Gasteiger partial charge < -0.3 is 15.0 Å². The number of nitro groups is 1. The minimum absolute atomic E-state index is 0.00916. The van der Waals surface area contributed by atoms with Gasteiger partial charge in [0.05, 0.1) is 16.6 Å². The van der Waals surface area contributed by atoms with Gasteiger partial charge in [-0.2, -0.15) is 5.26 Å². The van der Waals surface area contributed by atoms with Crippen LogP contribution >= 0.6 is 0 Å². The fraction of sp³-hybridized carbons (Fsp3) is 0.609. The van der Waals surface area contributed by atoms with Crippen LogP contribution in [0.15, 0.2) is 18.2 Å². The van der Waals surface area contributed by atoms with E-state index in [1.165, 1.54) is 19.1 Å². The SMILES string of the molecule is CC1CC(C)CN(c2ccc(C(=O)OC(C)C(=O)NC(C)(C#N)C(C)C)cc2[N+](=O)[O-])C1. The van der Waals surface area contributed by atoms with Crippen molar-refractivity contribution in [3.05, 3.63) is 33.9 Å². The summed E-state index contributed by atoms with van der Waals surface area (Å²) in [6.45, 7) is 12.2. The molecule has 9 heteroatoms. The summed E-state index contributed by atoms with van der Waals surface area (Å²) in [6, 6.07) is 6.30. The third-order valence-corrected chi connectivity index (χ3v) is 6.04. The van der Waals surface area contributed by atoms with Crippen molar-refractivity contribution in [2.45, 2.75) is 59.6 Å². The van der Waals surface area contributed by atoms with E-state index < -0.39 is 28.4 Å². The Bertz CT molecular complexity index is 915. The quantitative estimate of drug-likeness (QED) is 0.386. The van der Waals surface area contributed by atoms with Crippen LogP contribution in [0.4, 0.5) is 11.4 Å². The molecule has 0 radical (unpaired) electrons. The molecule has 1 N–H and O–H groups in total. The van der Waals surface area contributed by atoms with Gasteiger partial charge in [-0.15, -0.1) is 0 Å². The molecule has 0 aliphatic carbocycles. The Morgan fingerprint density at radius 2 is 1.88 bits per heavy atom. The first-order valence-corrected chi connectivity index (χ1v) is 10.9. The predicted molar refractivity (Wildman–Crippen MR) is 120 cm³/mol. The highest BCUT2D eigenvalue weighted by molar-refractivity contribution is 5.94. The molecule has 0 bridgehead atoms. The average Bonchev–Trinajstić information content (AvgIpc) is 2.72. The van der Waals surface area contributed by atoms with Crippen LogP contribution < -0.4 is 10.2 Å². The van der Waals surface area contributed by atoms with Gasteiger partial charge in [0.25, 0.3) is 11.6 Å². The smallest absolute Gasteiger partial charge is 0.339 e. The zero-order valence-electron chi connectivity index (χ0n) is 19.5. The number of nitriles is 1. The predicted octanol–water partition coefficient (Wildman–Crippen LogP) is 3.68. The molecule has 2 rings (SSSR count). The number of benzene rings is 1. The monoisotopic (exact) mass is 444 g/mol. The molecule has 1 aliphatic rings. The molecule has 1 saturated heterocycles. The van der Waals surface area contributed by atoms with Crippen LogP contribution in [-0.2, 0) is 9.53 Å². The van der Waals surface area contributed by atoms with Crippen molar-refractivity contribution in [1.82, 2.24) is 5.32 Å². The van der Waals surface area contributed by atoms with Gasteiger partial charge in [-0.25, -0.2) is 4.79 Å². The van der Waals surface area contributed by atoms with Gasteiger partial charge in [0.2, 0.25) is 0 Å². The Kier molecular flexibility index (Phi) is 7.83. The van der Waals surface area contributed by atoms with Crippen molar-refractivity contribution < 1.29 is 19.2 Å². The average molecular weight is 445 g/mol. The minimum atomic E-state index is -1.17. The van der Waals surface area contributed by atoms with E-state index in [1.54, 1.807) is 26.8 Å². The number of carbonyl (C=O) groups excluding carboxylic acids is 2. The van der Waals surface area contributed by atoms with Crippen LogP contribution in [0.25, 0.3) is 0 Å². The number of amides is 1. The molecule has 0 spiro atoms. The zero-order valence-corrected chi connectivity index (χ0v) is 19.5. The molecule has 1 aliphatic heterocycles. The van der Waals surface area contributed by atoms with Gasteiger partial charge in [-0.3, -0.25) is 14.9 Å². The Balaban J connectivity index is 2.18. The molecule has 32 heavy (non-hydrogen) atoms. The third-order valence-electron chi connectivity index (χ3n) is 6.04. The number of piperidine rings is 1. The summed E-state index contributed by atoms with van der Waals surface area (Å²) in [5.74, 6) is -0.793. The minimum Gasteiger partial charge on any atom is -0.449 e. The van der Waals surface area contributed by atoms with E-state index in [0.29, 0.717) is 30.6 Å². The Morgan fingerprint density at radius 3 is 2.38 bits per heavy atom. The van der Waals surface area contributed by atoms with E-state index in [1.807, 2.05) is 4.90 Å². The number of hydrogen-bond acceptors (Lipinski definition) is 7. The molecular formula is C23H32N4O5. The van der Waals surface area contributed by atoms with Crippen molar-refractivity contribution in [3.63, 3.8) is 0 Å². The lowest BCUT2D eigenvalue weighted by Gasteiger charge is -2.36. The Labute approximate surface area is 188 Å². The van der Waals surface area contributed by atoms with E-state index >= 15 is 0 Å². The van der Waals surface area contributed by atoms with E-state index in [0.717, 1.165) is 6.42 Å². The lowest BCUT2D eigenvalue weighted by atomic mass is 9.90. The first kappa shape index (κ1) is 25.1. The topological polar surface area (TPSA) is 126 Å². The number of esters is 1. The van der Waals surface area contributed by atoms with Gasteiger partial charge >= 0.3 is 5.97 Å². The van der Waals surface area contributed by atoms with E-state index in [-0.39, 0.29) is 17.2 Å². The van der Waals surface area contributed by atoms with Gasteiger partial charge in [-0.05, 0) is 50.2 Å². The Hall–Kier alpha value is -3.15. The number of ether oxygens (including phenoxy) is 1. The van der Waals surface area contributed by atoms with Crippen molar-refractivity contribution in [1.29, 1.82) is 5.26 Å². The fourth-order valence-corrected chi connectivity index (χ4v) is 3.86. The summed E-state index contributed by atoms with van der Waals surface area (Å²) >= 11 is 0. The summed E-state index contributed by atoms with van der Waals surface area (Å²) in [7, 11) is 0. The molecular weight excluding hydrogens is 412 g/mol. The van der Waals surface area contributed by atoms with Crippen molar-refractivity contribution in [2.75, 3.05) is 18.0 Å². The molecule has 9 nitrogen and oxygen atoms in total. The maximum Gasteiger partial charge on any atom is 0.339 e. The van der Waals surface area contributed by atoms with E-state index in [2.05, 4.69) is 25.2 Å². The molecule has 1 aromatic carbocycles. The lowest BCUT2D eigenvalue weighted by molar-refractivity contribution is -0.384. The highest BCUT2D eigenvalue weighted by Crippen LogP contribution is 2.34. The second kappa shape index (κ2) is 9.98. The highest BCUT2D eigenvalue weighted by atomic mass is 16.6. The van der Waals surface area contributed by atoms with Gasteiger partial charge in [-0.1, -0.05) is 27.7 Å². The molecule has 4 atom stereocenters. The molecule has 1 heterocycles. The number of rotatable bonds is 7. The van der Waals surface area contributed by atoms with Crippen LogP contribution in [0, 0.1) is 39.2 Å². The van der Waals surface area contributed by atoms with E-state index in [9.17, 15) is 25.0 Å². The van der Waals surface area contributed by atoms with Gasteiger partial charge in [0.15, 0.2) is 6.10 Å². The largest absolute Gasteiger partial charge is 0.449 e. The number of hydrogen-bond donors (Lipinski definition) is 1. The van der Waals surface area contributed by atoms with Gasteiger partial charge in [0, 0.05) is 19.2 Å². The summed E-state index contributed by atoms with van der Waals surface area (Å²) in [6.07, 6.45) is -0.104. The summed E-state index contributed by atoms with van der Waals surface area (Å²) in [4.78, 5) is 38.2. The van der Waals surface area contributed by atoms with E-state index in [4.69, 9.17) is 4.74 Å². The first-order chi connectivity index (χ1) is 14.9. The number of nitrogens with zero attached hydrogens (tertiary/aromatic N) is 3. The van der Waals surface area contributed by atoms with Crippen LogP contribution in [-0.4, -0.2) is 41.5 Å². The molecule has 174 valence electrons. The van der Waals surface area contributed by atoms with Crippen molar-refractivity contribution >= 4 is 23.3 Å². The molecule has 0 aromatic heterocycles. The molecule has 0 saturated carbocycles. The van der Waals surface area contributed by atoms with Crippen molar-refractivity contribution in [3.8, 4) is 6.07 Å². The number of nitrogens with one attached hydrogen (secondary N) is 1. The maximum atomic E-state index is 12.6. The van der Waals surface area contributed by atoms with Crippen LogP contribution in [0.3, 0.4) is 0 Å². The van der Waals surface area contributed by atoms with Crippen LogP contribution in [0.5, 0.6) is 0 Å². The highest BCUT2D eigenvalue weighted by Gasteiger charge is 2.33. The zero-order chi connectivity index (χ0) is 24.2. The standard InChI is InChI=1S/C23H32N4O5/c1-14(2)23(6,13-24)25-21(28)17(5)32-22(29)18-7-8-19(20(10-18)27(30)31)26-11-15(3)9-16(4)12-26/h7-8,10,14-17H,9,11-12H2,1-6H3,(H,25,28). The summed E-state index contributed by atoms with van der Waals surface area (Å²) in [5.41, 5.74) is -0.821. The second-order valence-corrected chi connectivity index (χ2v) is 9.32. The summed E-state index contributed by atoms with van der Waals surface area (Å²) in [5, 5.41) is 23.7. The molecule has 4 unspecified atom stereocenters. The third kappa shape index (κ3) is 5.75.